The Morgan fingerprint density at radius 2 is 2.15 bits per heavy atom. The lowest BCUT2D eigenvalue weighted by atomic mass is 9.70. The van der Waals surface area contributed by atoms with Gasteiger partial charge in [0.25, 0.3) is 0 Å². The van der Waals surface area contributed by atoms with Crippen molar-refractivity contribution in [3.8, 4) is 5.75 Å². The molecule has 142 valence electrons. The molecule has 26 heavy (non-hydrogen) atoms. The van der Waals surface area contributed by atoms with Crippen molar-refractivity contribution in [3.05, 3.63) is 29.8 Å². The highest BCUT2D eigenvalue weighted by molar-refractivity contribution is 5.66. The van der Waals surface area contributed by atoms with Crippen molar-refractivity contribution in [3.63, 3.8) is 0 Å². The predicted molar refractivity (Wildman–Crippen MR) is 98.3 cm³/mol. The van der Waals surface area contributed by atoms with Crippen molar-refractivity contribution >= 4 is 5.97 Å². The average Bonchev–Trinajstić information content (AvgIpc) is 2.60. The molecule has 3 heterocycles. The minimum atomic E-state index is -0.705. The number of likely N-dealkylation sites (tertiary alicyclic amines) is 1. The normalized spacial score (nSPS) is 32.7. The van der Waals surface area contributed by atoms with Gasteiger partial charge < -0.3 is 19.5 Å². The summed E-state index contributed by atoms with van der Waals surface area (Å²) in [4.78, 5) is 13.2. The summed E-state index contributed by atoms with van der Waals surface area (Å²) in [6, 6.07) is 8.28. The van der Waals surface area contributed by atoms with Gasteiger partial charge in [-0.2, -0.15) is 0 Å². The molecule has 2 saturated heterocycles. The summed E-state index contributed by atoms with van der Waals surface area (Å²) in [6.45, 7) is 7.23. The van der Waals surface area contributed by atoms with Gasteiger partial charge in [0.15, 0.2) is 0 Å². The number of hydrogen-bond donors (Lipinski definition) is 1. The van der Waals surface area contributed by atoms with E-state index in [-0.39, 0.29) is 18.1 Å². The summed E-state index contributed by atoms with van der Waals surface area (Å²) in [7, 11) is 0. The van der Waals surface area contributed by atoms with Crippen LogP contribution in [0.3, 0.4) is 0 Å². The van der Waals surface area contributed by atoms with Crippen molar-refractivity contribution in [2.24, 2.45) is 11.8 Å². The van der Waals surface area contributed by atoms with E-state index in [4.69, 9.17) is 14.6 Å². The van der Waals surface area contributed by atoms with Crippen LogP contribution < -0.4 is 4.74 Å². The van der Waals surface area contributed by atoms with Crippen molar-refractivity contribution in [2.75, 3.05) is 19.6 Å². The smallest absolute Gasteiger partial charge is 0.303 e. The Labute approximate surface area is 155 Å². The molecule has 1 N–H and O–H groups in total. The number of benzene rings is 1. The SMILES string of the molecule is CC1(C)Oc2ccccc2[C@H]2O[C@H]3CCN(CCCC(=O)O)C[C@H]3C[C@@H]21. The van der Waals surface area contributed by atoms with E-state index in [1.54, 1.807) is 0 Å². The van der Waals surface area contributed by atoms with Gasteiger partial charge in [0.2, 0.25) is 0 Å². The van der Waals surface area contributed by atoms with Gasteiger partial charge in [-0.15, -0.1) is 0 Å². The lowest BCUT2D eigenvalue weighted by Gasteiger charge is -2.53. The zero-order valence-corrected chi connectivity index (χ0v) is 15.7. The maximum absolute atomic E-state index is 10.7. The van der Waals surface area contributed by atoms with E-state index >= 15 is 0 Å². The molecule has 0 amide bonds. The number of nitrogens with zero attached hydrogens (tertiary/aromatic N) is 1. The summed E-state index contributed by atoms with van der Waals surface area (Å²) in [5.74, 6) is 1.10. The van der Waals surface area contributed by atoms with E-state index < -0.39 is 5.97 Å². The van der Waals surface area contributed by atoms with Crippen molar-refractivity contribution in [1.82, 2.24) is 4.90 Å². The van der Waals surface area contributed by atoms with Crippen LogP contribution in [0.4, 0.5) is 0 Å². The van der Waals surface area contributed by atoms with Crippen molar-refractivity contribution < 1.29 is 19.4 Å². The Balaban J connectivity index is 1.47. The summed E-state index contributed by atoms with van der Waals surface area (Å²) in [5.41, 5.74) is 0.953. The zero-order chi connectivity index (χ0) is 18.3. The summed E-state index contributed by atoms with van der Waals surface area (Å²) >= 11 is 0. The second-order valence-corrected chi connectivity index (χ2v) is 8.53. The molecule has 0 radical (unpaired) electrons. The third-order valence-corrected chi connectivity index (χ3v) is 6.35. The first kappa shape index (κ1) is 17.8. The third-order valence-electron chi connectivity index (χ3n) is 6.35. The molecule has 3 aliphatic rings. The fourth-order valence-corrected chi connectivity index (χ4v) is 4.99. The van der Waals surface area contributed by atoms with Crippen LogP contribution in [0.15, 0.2) is 24.3 Å². The van der Waals surface area contributed by atoms with E-state index in [1.807, 2.05) is 12.1 Å². The highest BCUT2D eigenvalue weighted by Crippen LogP contribution is 2.52. The Bertz CT molecular complexity index is 674. The number of piperidine rings is 1. The van der Waals surface area contributed by atoms with Crippen molar-refractivity contribution in [2.45, 2.75) is 57.3 Å². The number of aliphatic carboxylic acids is 1. The van der Waals surface area contributed by atoms with Crippen LogP contribution >= 0.6 is 0 Å². The molecule has 3 aliphatic heterocycles. The van der Waals surface area contributed by atoms with Gasteiger partial charge in [-0.25, -0.2) is 0 Å². The number of carboxylic acids is 1. The molecule has 0 spiro atoms. The highest BCUT2D eigenvalue weighted by Gasteiger charge is 2.51. The number of carboxylic acid groups (broad SMARTS) is 1. The molecular weight excluding hydrogens is 330 g/mol. The quantitative estimate of drug-likeness (QED) is 0.892. The Morgan fingerprint density at radius 3 is 2.96 bits per heavy atom. The monoisotopic (exact) mass is 359 g/mol. The summed E-state index contributed by atoms with van der Waals surface area (Å²) in [5, 5.41) is 8.85. The predicted octanol–water partition coefficient (Wildman–Crippen LogP) is 3.49. The first-order chi connectivity index (χ1) is 12.4. The van der Waals surface area contributed by atoms with Crippen LogP contribution in [0, 0.1) is 11.8 Å². The molecule has 4 atom stereocenters. The van der Waals surface area contributed by atoms with E-state index in [2.05, 4.69) is 30.9 Å². The summed E-state index contributed by atoms with van der Waals surface area (Å²) < 4.78 is 13.0. The minimum Gasteiger partial charge on any atom is -0.487 e. The Morgan fingerprint density at radius 1 is 1.35 bits per heavy atom. The first-order valence-corrected chi connectivity index (χ1v) is 9.81. The van der Waals surface area contributed by atoms with Crippen LogP contribution in [-0.4, -0.2) is 47.3 Å². The number of hydrogen-bond acceptors (Lipinski definition) is 4. The lowest BCUT2D eigenvalue weighted by molar-refractivity contribution is -0.187. The van der Waals surface area contributed by atoms with Gasteiger partial charge in [0.05, 0.1) is 12.2 Å². The first-order valence-electron chi connectivity index (χ1n) is 9.81. The minimum absolute atomic E-state index is 0.120. The molecule has 5 nitrogen and oxygen atoms in total. The van der Waals surface area contributed by atoms with E-state index in [9.17, 15) is 4.79 Å². The fourth-order valence-electron chi connectivity index (χ4n) is 4.99. The number of fused-ring (bicyclic) bond motifs is 4. The second-order valence-electron chi connectivity index (χ2n) is 8.53. The molecule has 5 heteroatoms. The van der Waals surface area contributed by atoms with Gasteiger partial charge in [0.1, 0.15) is 11.4 Å². The van der Waals surface area contributed by atoms with Gasteiger partial charge in [-0.1, -0.05) is 18.2 Å². The summed E-state index contributed by atoms with van der Waals surface area (Å²) in [6.07, 6.45) is 3.53. The lowest BCUT2D eigenvalue weighted by Crippen LogP contribution is -2.55. The van der Waals surface area contributed by atoms with Crippen LogP contribution in [0.25, 0.3) is 0 Å². The molecular formula is C21H29NO4. The molecule has 0 saturated carbocycles. The molecule has 0 bridgehead atoms. The van der Waals surface area contributed by atoms with E-state index in [0.29, 0.717) is 17.9 Å². The van der Waals surface area contributed by atoms with Gasteiger partial charge >= 0.3 is 5.97 Å². The molecule has 2 fully saturated rings. The zero-order valence-electron chi connectivity index (χ0n) is 15.7. The molecule has 4 rings (SSSR count). The van der Waals surface area contributed by atoms with Crippen LogP contribution in [0.1, 0.15) is 51.2 Å². The number of para-hydroxylation sites is 1. The highest BCUT2D eigenvalue weighted by atomic mass is 16.5. The van der Waals surface area contributed by atoms with Crippen LogP contribution in [0.2, 0.25) is 0 Å². The molecule has 1 aromatic carbocycles. The van der Waals surface area contributed by atoms with Crippen LogP contribution in [-0.2, 0) is 9.53 Å². The largest absolute Gasteiger partial charge is 0.487 e. The maximum atomic E-state index is 10.7. The average molecular weight is 359 g/mol. The van der Waals surface area contributed by atoms with Crippen LogP contribution in [0.5, 0.6) is 5.75 Å². The van der Waals surface area contributed by atoms with Gasteiger partial charge in [0, 0.05) is 31.0 Å². The number of rotatable bonds is 4. The standard InChI is InChI=1S/C21H29NO4/c1-21(2)16-12-14-13-22(10-5-8-19(23)24)11-9-17(14)25-20(16)15-6-3-4-7-18(15)26-21/h3-4,6-7,14,16-17,20H,5,8-13H2,1-2H3,(H,23,24)/t14-,16+,17+,20-/m1/s1. The molecule has 0 aliphatic carbocycles. The molecule has 1 aromatic rings. The van der Waals surface area contributed by atoms with Crippen molar-refractivity contribution in [1.29, 1.82) is 0 Å². The Hall–Kier alpha value is -1.59. The molecule has 0 aromatic heterocycles. The topological polar surface area (TPSA) is 59.0 Å². The van der Waals surface area contributed by atoms with E-state index in [1.165, 1.54) is 5.56 Å². The van der Waals surface area contributed by atoms with Gasteiger partial charge in [-0.05, 0) is 51.6 Å². The third kappa shape index (κ3) is 3.35. The second kappa shape index (κ2) is 6.86. The molecule has 0 unspecified atom stereocenters. The number of ether oxygens (including phenoxy) is 2. The number of carbonyl (C=O) groups is 1. The van der Waals surface area contributed by atoms with E-state index in [0.717, 1.165) is 44.6 Å². The Kier molecular flexibility index (Phi) is 4.70. The maximum Gasteiger partial charge on any atom is 0.303 e. The fraction of sp³-hybridized carbons (Fsp3) is 0.667. The van der Waals surface area contributed by atoms with Gasteiger partial charge in [-0.3, -0.25) is 4.79 Å².